The van der Waals surface area contributed by atoms with E-state index in [1.54, 1.807) is 0 Å². The summed E-state index contributed by atoms with van der Waals surface area (Å²) in [6.45, 7) is 6.09. The second-order valence-corrected chi connectivity index (χ2v) is 13.2. The first-order valence-electron chi connectivity index (χ1n) is 15.5. The largest absolute Gasteiger partial charge is 0.350 e. The number of likely N-dealkylation sites (N-methyl/N-ethyl adjacent to an activating group) is 1. The van der Waals surface area contributed by atoms with E-state index < -0.39 is 18.3 Å². The van der Waals surface area contributed by atoms with E-state index in [0.29, 0.717) is 19.5 Å². The van der Waals surface area contributed by atoms with Crippen molar-refractivity contribution in [2.75, 3.05) is 59.4 Å². The van der Waals surface area contributed by atoms with Gasteiger partial charge in [0, 0.05) is 71.0 Å². The molecule has 9 atom stereocenters. The van der Waals surface area contributed by atoms with E-state index in [2.05, 4.69) is 31.1 Å². The first-order chi connectivity index (χ1) is 18.8. The van der Waals surface area contributed by atoms with Crippen LogP contribution in [0.4, 0.5) is 4.39 Å². The lowest BCUT2D eigenvalue weighted by atomic mass is 9.69. The molecule has 0 radical (unpaired) electrons. The summed E-state index contributed by atoms with van der Waals surface area (Å²) in [5.74, 6) is -0.304. The SMILES string of the molecule is CN1CCN2CCN(C3CCNCC3NC(=O)C3C(N)NC4CCCCCC45CC(F)CNC3C5)CC2C1=O. The summed E-state index contributed by atoms with van der Waals surface area (Å²) >= 11 is 0. The lowest BCUT2D eigenvalue weighted by Gasteiger charge is -2.50. The van der Waals surface area contributed by atoms with Gasteiger partial charge in [-0.25, -0.2) is 4.39 Å². The molecule has 1 saturated carbocycles. The van der Waals surface area contributed by atoms with Gasteiger partial charge in [-0.1, -0.05) is 19.3 Å². The van der Waals surface area contributed by atoms with Crippen LogP contribution >= 0.6 is 0 Å². The normalized spacial score (nSPS) is 44.4. The average molecular weight is 549 g/mol. The van der Waals surface area contributed by atoms with Crippen molar-refractivity contribution in [1.82, 2.24) is 36.0 Å². The maximum Gasteiger partial charge on any atom is 0.241 e. The van der Waals surface area contributed by atoms with Crippen LogP contribution in [0.3, 0.4) is 0 Å². The minimum Gasteiger partial charge on any atom is -0.350 e. The second kappa shape index (κ2) is 11.5. The van der Waals surface area contributed by atoms with Gasteiger partial charge in [0.2, 0.25) is 11.8 Å². The molecule has 2 amide bonds. The molecule has 5 saturated heterocycles. The fourth-order valence-corrected chi connectivity index (χ4v) is 8.80. The van der Waals surface area contributed by atoms with Crippen molar-refractivity contribution in [3.8, 4) is 0 Å². The number of rotatable bonds is 3. The van der Waals surface area contributed by atoms with Gasteiger partial charge >= 0.3 is 0 Å². The number of hydrogen-bond donors (Lipinski definition) is 5. The van der Waals surface area contributed by atoms with E-state index in [1.165, 1.54) is 6.42 Å². The zero-order valence-electron chi connectivity index (χ0n) is 23.5. The molecule has 39 heavy (non-hydrogen) atoms. The molecule has 1 spiro atoms. The molecule has 6 aliphatic rings. The lowest BCUT2D eigenvalue weighted by Crippen LogP contribution is -2.69. The molecule has 0 aromatic carbocycles. The van der Waals surface area contributed by atoms with Crippen molar-refractivity contribution >= 4 is 11.8 Å². The molecule has 1 aliphatic carbocycles. The van der Waals surface area contributed by atoms with Gasteiger partial charge in [-0.2, -0.15) is 0 Å². The van der Waals surface area contributed by atoms with Crippen LogP contribution in [0.25, 0.3) is 0 Å². The van der Waals surface area contributed by atoms with Crippen LogP contribution < -0.4 is 27.0 Å². The van der Waals surface area contributed by atoms with E-state index in [9.17, 15) is 9.59 Å². The third kappa shape index (κ3) is 5.47. The van der Waals surface area contributed by atoms with E-state index in [-0.39, 0.29) is 54.0 Å². The highest BCUT2D eigenvalue weighted by Gasteiger charge is 2.52. The zero-order chi connectivity index (χ0) is 27.1. The number of halogens is 1. The number of fused-ring (bicyclic) bond motifs is 2. The molecule has 5 heterocycles. The number of piperidine rings is 1. The number of nitrogens with zero attached hydrogens (tertiary/aromatic N) is 3. The molecule has 0 aromatic heterocycles. The standard InChI is InChI=1S/C28H49FN8O2/c1-35-9-10-36-11-12-37(17-22(36)27(35)39)21-6-8-31-16-20(21)33-26(38)24-19-14-28(13-18(29)15-32-19)7-4-2-3-5-23(28)34-25(24)30/h18-25,31-32,34H,2-17,30H2,1H3,(H,33,38). The second-order valence-electron chi connectivity index (χ2n) is 13.2. The highest BCUT2D eigenvalue weighted by Crippen LogP contribution is 2.47. The smallest absolute Gasteiger partial charge is 0.241 e. The van der Waals surface area contributed by atoms with E-state index in [4.69, 9.17) is 5.73 Å². The van der Waals surface area contributed by atoms with Gasteiger partial charge in [0.1, 0.15) is 12.2 Å². The highest BCUT2D eigenvalue weighted by atomic mass is 19.1. The first-order valence-corrected chi connectivity index (χ1v) is 15.5. The van der Waals surface area contributed by atoms with Gasteiger partial charge in [-0.05, 0) is 44.1 Å². The van der Waals surface area contributed by atoms with Gasteiger partial charge in [-0.15, -0.1) is 0 Å². The quantitative estimate of drug-likeness (QED) is 0.311. The zero-order valence-corrected chi connectivity index (χ0v) is 23.5. The Labute approximate surface area is 232 Å². The van der Waals surface area contributed by atoms with Gasteiger partial charge in [-0.3, -0.25) is 24.7 Å². The van der Waals surface area contributed by atoms with Crippen LogP contribution in [0.1, 0.15) is 51.4 Å². The number of hydrogen-bond acceptors (Lipinski definition) is 8. The number of carbonyl (C=O) groups excluding carboxylic acids is 2. The van der Waals surface area contributed by atoms with Crippen LogP contribution in [0.2, 0.25) is 0 Å². The van der Waals surface area contributed by atoms with E-state index >= 15 is 4.39 Å². The van der Waals surface area contributed by atoms with Crippen LogP contribution in [0.5, 0.6) is 0 Å². The third-order valence-electron chi connectivity index (χ3n) is 10.9. The molecular formula is C28H49FN8O2. The Balaban J connectivity index is 1.18. The number of alkyl halides is 1. The molecule has 5 aliphatic heterocycles. The van der Waals surface area contributed by atoms with Crippen LogP contribution in [0.15, 0.2) is 0 Å². The molecule has 10 nitrogen and oxygen atoms in total. The number of nitrogens with one attached hydrogen (secondary N) is 4. The van der Waals surface area contributed by atoms with Crippen LogP contribution in [-0.2, 0) is 9.59 Å². The van der Waals surface area contributed by atoms with E-state index in [0.717, 1.165) is 71.2 Å². The fourth-order valence-electron chi connectivity index (χ4n) is 8.80. The van der Waals surface area contributed by atoms with Crippen molar-refractivity contribution in [3.05, 3.63) is 0 Å². The Morgan fingerprint density at radius 2 is 1.90 bits per heavy atom. The lowest BCUT2D eigenvalue weighted by molar-refractivity contribution is -0.144. The Morgan fingerprint density at radius 3 is 2.77 bits per heavy atom. The molecular weight excluding hydrogens is 499 g/mol. The summed E-state index contributed by atoms with van der Waals surface area (Å²) in [5, 5.41) is 14.0. The number of carbonyl (C=O) groups is 2. The van der Waals surface area contributed by atoms with Crippen LogP contribution in [-0.4, -0.2) is 128 Å². The molecule has 0 aromatic rings. The number of piperazine rings is 2. The predicted octanol–water partition coefficient (Wildman–Crippen LogP) is -0.795. The van der Waals surface area contributed by atoms with Crippen molar-refractivity contribution in [1.29, 1.82) is 0 Å². The number of amides is 2. The molecule has 9 unspecified atom stereocenters. The molecule has 11 heteroatoms. The summed E-state index contributed by atoms with van der Waals surface area (Å²) in [7, 11) is 1.89. The van der Waals surface area contributed by atoms with E-state index in [1.807, 2.05) is 11.9 Å². The summed E-state index contributed by atoms with van der Waals surface area (Å²) in [4.78, 5) is 33.6. The van der Waals surface area contributed by atoms with Gasteiger partial charge in [0.25, 0.3) is 0 Å². The summed E-state index contributed by atoms with van der Waals surface area (Å²) in [5.41, 5.74) is 6.63. The van der Waals surface area contributed by atoms with Crippen molar-refractivity contribution in [2.24, 2.45) is 17.1 Å². The summed E-state index contributed by atoms with van der Waals surface area (Å²) in [6, 6.07) is 0.00636. The minimum absolute atomic E-state index is 0.0396. The van der Waals surface area contributed by atoms with Gasteiger partial charge < -0.3 is 26.6 Å². The Hall–Kier alpha value is -1.37. The molecule has 2 bridgehead atoms. The maximum atomic E-state index is 15.1. The first kappa shape index (κ1) is 27.8. The predicted molar refractivity (Wildman–Crippen MR) is 148 cm³/mol. The van der Waals surface area contributed by atoms with Gasteiger partial charge in [0.05, 0.1) is 18.1 Å². The summed E-state index contributed by atoms with van der Waals surface area (Å²) < 4.78 is 15.1. The molecule has 220 valence electrons. The van der Waals surface area contributed by atoms with Crippen molar-refractivity contribution in [3.63, 3.8) is 0 Å². The average Bonchev–Trinajstić information content (AvgIpc) is 3.26. The van der Waals surface area contributed by atoms with Crippen LogP contribution in [0, 0.1) is 11.3 Å². The molecule has 6 fully saturated rings. The summed E-state index contributed by atoms with van der Waals surface area (Å²) in [6.07, 6.45) is 6.31. The monoisotopic (exact) mass is 548 g/mol. The number of nitrogens with two attached hydrogens (primary N) is 1. The molecule has 6 N–H and O–H groups in total. The third-order valence-corrected chi connectivity index (χ3v) is 10.9. The minimum atomic E-state index is -0.900. The van der Waals surface area contributed by atoms with Crippen molar-refractivity contribution < 1.29 is 14.0 Å². The Bertz CT molecular complexity index is 911. The maximum absolute atomic E-state index is 15.1. The van der Waals surface area contributed by atoms with Gasteiger partial charge in [0.15, 0.2) is 0 Å². The molecule has 6 rings (SSSR count). The Morgan fingerprint density at radius 1 is 1.08 bits per heavy atom. The Kier molecular flexibility index (Phi) is 8.18. The fraction of sp³-hybridized carbons (Fsp3) is 0.929. The highest BCUT2D eigenvalue weighted by molar-refractivity contribution is 5.83. The van der Waals surface area contributed by atoms with Crippen molar-refractivity contribution in [2.45, 2.75) is 93.9 Å². The topological polar surface area (TPSA) is 118 Å².